The van der Waals surface area contributed by atoms with E-state index in [2.05, 4.69) is 27.4 Å². The molecule has 0 spiro atoms. The maximum Gasteiger partial charge on any atom is 0.252 e. The van der Waals surface area contributed by atoms with Crippen molar-refractivity contribution < 1.29 is 9.47 Å². The van der Waals surface area contributed by atoms with Crippen LogP contribution in [0.1, 0.15) is 50.8 Å². The molecular formula is C20H28N4O3. The Morgan fingerprint density at radius 3 is 2.78 bits per heavy atom. The van der Waals surface area contributed by atoms with Crippen LogP contribution in [0.3, 0.4) is 0 Å². The first-order valence-electron chi connectivity index (χ1n) is 9.36. The third kappa shape index (κ3) is 6.77. The molecule has 0 aliphatic carbocycles. The molecule has 146 valence electrons. The lowest BCUT2D eigenvalue weighted by atomic mass is 10.2. The highest BCUT2D eigenvalue weighted by atomic mass is 16.5. The molecule has 0 bridgehead atoms. The predicted octanol–water partition coefficient (Wildman–Crippen LogP) is 3.75. The Bertz CT molecular complexity index is 802. The lowest BCUT2D eigenvalue weighted by Gasteiger charge is -2.11. The molecule has 0 unspecified atom stereocenters. The van der Waals surface area contributed by atoms with Gasteiger partial charge in [-0.15, -0.1) is 0 Å². The summed E-state index contributed by atoms with van der Waals surface area (Å²) in [6.07, 6.45) is 6.63. The summed E-state index contributed by atoms with van der Waals surface area (Å²) in [6, 6.07) is 7.12. The minimum atomic E-state index is -0.197. The van der Waals surface area contributed by atoms with Gasteiger partial charge in [-0.25, -0.2) is 10.4 Å². The van der Waals surface area contributed by atoms with E-state index >= 15 is 0 Å². The van der Waals surface area contributed by atoms with E-state index in [0.717, 1.165) is 49.1 Å². The average Bonchev–Trinajstić information content (AvgIpc) is 2.66. The maximum atomic E-state index is 11.6. The van der Waals surface area contributed by atoms with Gasteiger partial charge >= 0.3 is 0 Å². The molecule has 0 saturated carbocycles. The van der Waals surface area contributed by atoms with E-state index in [4.69, 9.17) is 9.47 Å². The van der Waals surface area contributed by atoms with Crippen molar-refractivity contribution in [2.24, 2.45) is 5.10 Å². The Hall–Kier alpha value is -2.83. The molecular weight excluding hydrogens is 344 g/mol. The first-order valence-corrected chi connectivity index (χ1v) is 9.36. The zero-order valence-corrected chi connectivity index (χ0v) is 16.2. The van der Waals surface area contributed by atoms with E-state index < -0.39 is 0 Å². The summed E-state index contributed by atoms with van der Waals surface area (Å²) < 4.78 is 11.2. The summed E-state index contributed by atoms with van der Waals surface area (Å²) in [4.78, 5) is 18.6. The van der Waals surface area contributed by atoms with Crippen LogP contribution >= 0.6 is 0 Å². The molecule has 2 rings (SSSR count). The molecule has 7 heteroatoms. The van der Waals surface area contributed by atoms with Crippen LogP contribution in [-0.2, 0) is 6.42 Å². The number of nitrogens with zero attached hydrogens (tertiary/aromatic N) is 2. The third-order valence-electron chi connectivity index (χ3n) is 3.88. The number of aromatic nitrogens is 2. The molecule has 0 amide bonds. The van der Waals surface area contributed by atoms with Gasteiger partial charge in [-0.05, 0) is 36.6 Å². The van der Waals surface area contributed by atoms with Gasteiger partial charge in [-0.3, -0.25) is 9.78 Å². The van der Waals surface area contributed by atoms with Gasteiger partial charge in [-0.2, -0.15) is 5.10 Å². The molecule has 0 saturated heterocycles. The fourth-order valence-corrected chi connectivity index (χ4v) is 2.53. The van der Waals surface area contributed by atoms with E-state index in [9.17, 15) is 4.79 Å². The number of rotatable bonds is 11. The second-order valence-corrected chi connectivity index (χ2v) is 6.17. The SMILES string of the molecule is CCCCCOc1ccc(/C=N/Nc2nc(CCC)cc(=O)[nH]2)cc1OC. The van der Waals surface area contributed by atoms with Crippen molar-refractivity contribution in [3.05, 3.63) is 45.9 Å². The first kappa shape index (κ1) is 20.5. The number of nitrogens with one attached hydrogen (secondary N) is 2. The summed E-state index contributed by atoms with van der Waals surface area (Å²) in [5, 5.41) is 4.14. The van der Waals surface area contributed by atoms with Crippen LogP contribution in [0.5, 0.6) is 11.5 Å². The van der Waals surface area contributed by atoms with E-state index in [1.165, 1.54) is 6.07 Å². The predicted molar refractivity (Wildman–Crippen MR) is 108 cm³/mol. The summed E-state index contributed by atoms with van der Waals surface area (Å²) in [6.45, 7) is 4.87. The van der Waals surface area contributed by atoms with Crippen LogP contribution in [-0.4, -0.2) is 29.9 Å². The Balaban J connectivity index is 2.01. The van der Waals surface area contributed by atoms with Crippen molar-refractivity contribution in [2.75, 3.05) is 19.1 Å². The molecule has 1 aromatic heterocycles. The van der Waals surface area contributed by atoms with E-state index in [0.29, 0.717) is 18.3 Å². The maximum absolute atomic E-state index is 11.6. The minimum Gasteiger partial charge on any atom is -0.493 e. The molecule has 2 N–H and O–H groups in total. The number of hydrogen-bond donors (Lipinski definition) is 2. The third-order valence-corrected chi connectivity index (χ3v) is 3.88. The topological polar surface area (TPSA) is 88.6 Å². The van der Waals surface area contributed by atoms with Gasteiger partial charge in [-0.1, -0.05) is 33.1 Å². The standard InChI is InChI=1S/C20H28N4O3/c1-4-6-7-11-27-17-10-9-15(12-18(17)26-3)14-21-24-20-22-16(8-5-2)13-19(25)23-20/h9-10,12-14H,4-8,11H2,1-3H3,(H2,22,23,24,25)/b21-14+. The number of hydrazone groups is 1. The van der Waals surface area contributed by atoms with Gasteiger partial charge in [0, 0.05) is 11.8 Å². The highest BCUT2D eigenvalue weighted by molar-refractivity contribution is 5.81. The zero-order valence-electron chi connectivity index (χ0n) is 16.2. The number of aromatic amines is 1. The molecule has 0 aliphatic rings. The second kappa shape index (κ2) is 11.0. The average molecular weight is 372 g/mol. The molecule has 2 aromatic rings. The molecule has 0 atom stereocenters. The number of H-pyrrole nitrogens is 1. The number of unbranched alkanes of at least 4 members (excludes halogenated alkanes) is 2. The number of benzene rings is 1. The van der Waals surface area contributed by atoms with Crippen LogP contribution in [0.15, 0.2) is 34.2 Å². The van der Waals surface area contributed by atoms with Gasteiger partial charge in [0.05, 0.1) is 19.9 Å². The van der Waals surface area contributed by atoms with Crippen molar-refractivity contribution >= 4 is 12.2 Å². The lowest BCUT2D eigenvalue weighted by Crippen LogP contribution is -2.12. The Morgan fingerprint density at radius 2 is 2.04 bits per heavy atom. The van der Waals surface area contributed by atoms with Gasteiger partial charge in [0.25, 0.3) is 5.56 Å². The number of hydrogen-bond acceptors (Lipinski definition) is 6. The molecule has 1 aromatic carbocycles. The van der Waals surface area contributed by atoms with Gasteiger partial charge in [0.1, 0.15) is 0 Å². The van der Waals surface area contributed by atoms with Crippen LogP contribution in [0.2, 0.25) is 0 Å². The first-order chi connectivity index (χ1) is 13.2. The van der Waals surface area contributed by atoms with Crippen molar-refractivity contribution in [1.82, 2.24) is 9.97 Å². The molecule has 0 radical (unpaired) electrons. The summed E-state index contributed by atoms with van der Waals surface area (Å²) in [5.41, 5.74) is 4.15. The van der Waals surface area contributed by atoms with E-state index in [1.54, 1.807) is 13.3 Å². The van der Waals surface area contributed by atoms with Gasteiger partial charge < -0.3 is 9.47 Å². The van der Waals surface area contributed by atoms with Gasteiger partial charge in [0.2, 0.25) is 5.95 Å². The number of aryl methyl sites for hydroxylation is 1. The summed E-state index contributed by atoms with van der Waals surface area (Å²) >= 11 is 0. The monoisotopic (exact) mass is 372 g/mol. The largest absolute Gasteiger partial charge is 0.493 e. The Kier molecular flexibility index (Phi) is 8.35. The smallest absolute Gasteiger partial charge is 0.252 e. The van der Waals surface area contributed by atoms with Crippen molar-refractivity contribution in [3.8, 4) is 11.5 Å². The van der Waals surface area contributed by atoms with Crippen LogP contribution in [0.4, 0.5) is 5.95 Å². The molecule has 0 aliphatic heterocycles. The Labute approximate surface area is 159 Å². The highest BCUT2D eigenvalue weighted by Crippen LogP contribution is 2.27. The molecule has 0 fully saturated rings. The van der Waals surface area contributed by atoms with Crippen molar-refractivity contribution in [1.29, 1.82) is 0 Å². The number of methoxy groups -OCH3 is 1. The fraction of sp³-hybridized carbons (Fsp3) is 0.450. The van der Waals surface area contributed by atoms with E-state index in [-0.39, 0.29) is 5.56 Å². The fourth-order valence-electron chi connectivity index (χ4n) is 2.53. The normalized spacial score (nSPS) is 10.9. The minimum absolute atomic E-state index is 0.197. The second-order valence-electron chi connectivity index (χ2n) is 6.17. The summed E-state index contributed by atoms with van der Waals surface area (Å²) in [7, 11) is 1.61. The lowest BCUT2D eigenvalue weighted by molar-refractivity contribution is 0.286. The van der Waals surface area contributed by atoms with Gasteiger partial charge in [0.15, 0.2) is 11.5 Å². The number of anilines is 1. The number of ether oxygens (including phenoxy) is 2. The summed E-state index contributed by atoms with van der Waals surface area (Å²) in [5.74, 6) is 1.70. The molecule has 1 heterocycles. The van der Waals surface area contributed by atoms with Crippen molar-refractivity contribution in [3.63, 3.8) is 0 Å². The highest BCUT2D eigenvalue weighted by Gasteiger charge is 2.05. The van der Waals surface area contributed by atoms with Crippen LogP contribution in [0, 0.1) is 0 Å². The van der Waals surface area contributed by atoms with Crippen molar-refractivity contribution in [2.45, 2.75) is 46.0 Å². The zero-order chi connectivity index (χ0) is 19.5. The van der Waals surface area contributed by atoms with Crippen LogP contribution < -0.4 is 20.5 Å². The molecule has 27 heavy (non-hydrogen) atoms. The van der Waals surface area contributed by atoms with E-state index in [1.807, 2.05) is 25.1 Å². The quantitative estimate of drug-likeness (QED) is 0.356. The Morgan fingerprint density at radius 1 is 1.19 bits per heavy atom. The van der Waals surface area contributed by atoms with Crippen LogP contribution in [0.25, 0.3) is 0 Å². The molecule has 7 nitrogen and oxygen atoms in total.